The van der Waals surface area contributed by atoms with Gasteiger partial charge in [0.1, 0.15) is 0 Å². The Balaban J connectivity index is 1.54. The molecule has 0 N–H and O–H groups in total. The molecule has 2 aliphatic heterocycles. The number of rotatable bonds is 3. The van der Waals surface area contributed by atoms with Gasteiger partial charge in [0.05, 0.1) is 5.92 Å². The van der Waals surface area contributed by atoms with Gasteiger partial charge in [0, 0.05) is 22.7 Å². The van der Waals surface area contributed by atoms with Crippen molar-refractivity contribution in [2.75, 3.05) is 7.05 Å². The maximum Gasteiger partial charge on any atom is 0.232 e. The van der Waals surface area contributed by atoms with Crippen molar-refractivity contribution in [3.05, 3.63) is 71.1 Å². The summed E-state index contributed by atoms with van der Waals surface area (Å²) in [5.74, 6) is 2.01. The first-order chi connectivity index (χ1) is 13.2. The smallest absolute Gasteiger partial charge is 0.232 e. The Kier molecular flexibility index (Phi) is 4.25. The van der Waals surface area contributed by atoms with Crippen LogP contribution in [0, 0.1) is 0 Å². The summed E-state index contributed by atoms with van der Waals surface area (Å²) < 4.78 is 5.82. The predicted octanol–water partition coefficient (Wildman–Crippen LogP) is 5.12. The van der Waals surface area contributed by atoms with Crippen LogP contribution in [-0.2, 0) is 0 Å². The van der Waals surface area contributed by atoms with E-state index in [0.717, 1.165) is 22.9 Å². The minimum absolute atomic E-state index is 0.208. The molecule has 4 nitrogen and oxygen atoms in total. The van der Waals surface area contributed by atoms with Gasteiger partial charge in [-0.2, -0.15) is 4.98 Å². The van der Waals surface area contributed by atoms with E-state index in [1.807, 2.05) is 42.5 Å². The second kappa shape index (κ2) is 6.77. The van der Waals surface area contributed by atoms with E-state index in [1.54, 1.807) is 0 Å². The summed E-state index contributed by atoms with van der Waals surface area (Å²) in [5.41, 5.74) is 2.30. The molecule has 2 aliphatic rings. The number of fused-ring (bicyclic) bond motifs is 2. The van der Waals surface area contributed by atoms with Crippen molar-refractivity contribution < 1.29 is 4.52 Å². The highest BCUT2D eigenvalue weighted by molar-refractivity contribution is 6.30. The molecule has 3 heterocycles. The normalized spacial score (nSPS) is 27.8. The van der Waals surface area contributed by atoms with E-state index in [4.69, 9.17) is 21.1 Å². The first-order valence-electron chi connectivity index (χ1n) is 9.57. The van der Waals surface area contributed by atoms with Crippen molar-refractivity contribution in [3.8, 4) is 11.4 Å². The van der Waals surface area contributed by atoms with Crippen LogP contribution in [0.1, 0.15) is 42.6 Å². The van der Waals surface area contributed by atoms with E-state index in [1.165, 1.54) is 18.4 Å². The summed E-state index contributed by atoms with van der Waals surface area (Å²) in [4.78, 5) is 7.34. The van der Waals surface area contributed by atoms with E-state index in [-0.39, 0.29) is 5.92 Å². The Morgan fingerprint density at radius 3 is 2.59 bits per heavy atom. The van der Waals surface area contributed by atoms with Crippen LogP contribution in [0.2, 0.25) is 5.02 Å². The van der Waals surface area contributed by atoms with Gasteiger partial charge in [0.15, 0.2) is 0 Å². The molecular weight excluding hydrogens is 358 g/mol. The average molecular weight is 380 g/mol. The van der Waals surface area contributed by atoms with Gasteiger partial charge in [-0.3, -0.25) is 4.90 Å². The Morgan fingerprint density at radius 1 is 1.04 bits per heavy atom. The molecule has 2 fully saturated rings. The van der Waals surface area contributed by atoms with Crippen LogP contribution in [0.25, 0.3) is 11.4 Å². The van der Waals surface area contributed by atoms with Crippen LogP contribution in [0.5, 0.6) is 0 Å². The number of benzene rings is 2. The summed E-state index contributed by atoms with van der Waals surface area (Å²) in [6, 6.07) is 19.4. The summed E-state index contributed by atoms with van der Waals surface area (Å²) in [7, 11) is 2.24. The van der Waals surface area contributed by atoms with Crippen molar-refractivity contribution in [1.29, 1.82) is 0 Å². The van der Waals surface area contributed by atoms with Crippen molar-refractivity contribution in [2.24, 2.45) is 0 Å². The van der Waals surface area contributed by atoms with Gasteiger partial charge in [-0.1, -0.05) is 59.2 Å². The quantitative estimate of drug-likeness (QED) is 0.633. The fraction of sp³-hybridized carbons (Fsp3) is 0.364. The summed E-state index contributed by atoms with van der Waals surface area (Å²) >= 11 is 6.12. The third-order valence-corrected chi connectivity index (χ3v) is 6.58. The van der Waals surface area contributed by atoms with Crippen LogP contribution in [0.15, 0.2) is 59.1 Å². The first kappa shape index (κ1) is 17.0. The monoisotopic (exact) mass is 379 g/mol. The molecule has 0 spiro atoms. The van der Waals surface area contributed by atoms with Gasteiger partial charge in [0.2, 0.25) is 11.7 Å². The van der Waals surface area contributed by atoms with E-state index < -0.39 is 0 Å². The van der Waals surface area contributed by atoms with Crippen molar-refractivity contribution >= 4 is 11.6 Å². The topological polar surface area (TPSA) is 42.2 Å². The standard InChI is InChI=1S/C22H22ClN3O/c1-26-17-11-12-19(26)20(18(13-17)14-7-9-16(23)10-8-14)22-24-21(25-27-22)15-5-3-2-4-6-15/h2-10,17-20H,11-13H2,1H3/t17?,18-,19-,20-/m1/s1. The SMILES string of the molecule is CN1C2CC[C@@H]1[C@H](c1nc(-c3ccccc3)no1)[C@@H](c1ccc(Cl)cc1)C2. The maximum atomic E-state index is 6.12. The number of hydrogen-bond acceptors (Lipinski definition) is 4. The molecular formula is C22H22ClN3O. The molecule has 2 aromatic carbocycles. The zero-order valence-electron chi connectivity index (χ0n) is 15.3. The lowest BCUT2D eigenvalue weighted by molar-refractivity contribution is 0.120. The first-order valence-corrected chi connectivity index (χ1v) is 9.95. The molecule has 138 valence electrons. The van der Waals surface area contributed by atoms with Gasteiger partial charge >= 0.3 is 0 Å². The van der Waals surface area contributed by atoms with Gasteiger partial charge in [0.25, 0.3) is 0 Å². The van der Waals surface area contributed by atoms with Crippen LogP contribution in [0.3, 0.4) is 0 Å². The molecule has 27 heavy (non-hydrogen) atoms. The highest BCUT2D eigenvalue weighted by atomic mass is 35.5. The van der Waals surface area contributed by atoms with E-state index >= 15 is 0 Å². The second-order valence-electron chi connectivity index (χ2n) is 7.71. The summed E-state index contributed by atoms with van der Waals surface area (Å²) in [6.07, 6.45) is 3.53. The lowest BCUT2D eigenvalue weighted by atomic mass is 9.76. The summed E-state index contributed by atoms with van der Waals surface area (Å²) in [5, 5.41) is 5.06. The number of aromatic nitrogens is 2. The molecule has 3 aromatic rings. The predicted molar refractivity (Wildman–Crippen MR) is 106 cm³/mol. The van der Waals surface area contributed by atoms with Crippen LogP contribution < -0.4 is 0 Å². The molecule has 2 saturated heterocycles. The van der Waals surface area contributed by atoms with E-state index in [2.05, 4.69) is 29.2 Å². The Morgan fingerprint density at radius 2 is 1.81 bits per heavy atom. The Labute approximate surface area is 164 Å². The fourth-order valence-corrected chi connectivity index (χ4v) is 5.06. The Bertz CT molecular complexity index is 924. The number of likely N-dealkylation sites (N-methyl/N-ethyl adjacent to an activating group) is 1. The summed E-state index contributed by atoms with van der Waals surface area (Å²) in [6.45, 7) is 0. The average Bonchev–Trinajstić information content (AvgIpc) is 3.26. The van der Waals surface area contributed by atoms with Crippen molar-refractivity contribution in [1.82, 2.24) is 15.0 Å². The highest BCUT2D eigenvalue weighted by Gasteiger charge is 2.48. The third-order valence-electron chi connectivity index (χ3n) is 6.33. The number of nitrogens with zero attached hydrogens (tertiary/aromatic N) is 3. The van der Waals surface area contributed by atoms with Crippen LogP contribution >= 0.6 is 11.6 Å². The minimum Gasteiger partial charge on any atom is -0.339 e. The van der Waals surface area contributed by atoms with Gasteiger partial charge < -0.3 is 4.52 Å². The second-order valence-corrected chi connectivity index (χ2v) is 8.14. The van der Waals surface area contributed by atoms with E-state index in [9.17, 15) is 0 Å². The molecule has 0 amide bonds. The number of halogens is 1. The highest BCUT2D eigenvalue weighted by Crippen LogP contribution is 2.50. The van der Waals surface area contributed by atoms with E-state index in [0.29, 0.717) is 23.8 Å². The Hall–Kier alpha value is -2.17. The molecule has 0 radical (unpaired) electrons. The van der Waals surface area contributed by atoms with Gasteiger partial charge in [-0.05, 0) is 49.9 Å². The maximum absolute atomic E-state index is 6.12. The zero-order valence-corrected chi connectivity index (χ0v) is 16.0. The fourth-order valence-electron chi connectivity index (χ4n) is 4.93. The molecule has 5 heteroatoms. The van der Waals surface area contributed by atoms with Crippen LogP contribution in [0.4, 0.5) is 0 Å². The van der Waals surface area contributed by atoms with Crippen LogP contribution in [-0.4, -0.2) is 34.2 Å². The lowest BCUT2D eigenvalue weighted by Crippen LogP contribution is -2.44. The third kappa shape index (κ3) is 2.97. The molecule has 2 bridgehead atoms. The van der Waals surface area contributed by atoms with Gasteiger partial charge in [-0.25, -0.2) is 0 Å². The number of piperidine rings is 1. The van der Waals surface area contributed by atoms with Crippen molar-refractivity contribution in [3.63, 3.8) is 0 Å². The molecule has 0 aliphatic carbocycles. The molecule has 0 saturated carbocycles. The van der Waals surface area contributed by atoms with Crippen molar-refractivity contribution in [2.45, 2.75) is 43.2 Å². The zero-order chi connectivity index (χ0) is 18.4. The van der Waals surface area contributed by atoms with Gasteiger partial charge in [-0.15, -0.1) is 0 Å². The minimum atomic E-state index is 0.208. The molecule has 1 unspecified atom stereocenters. The molecule has 5 rings (SSSR count). The number of hydrogen-bond donors (Lipinski definition) is 0. The largest absolute Gasteiger partial charge is 0.339 e. The molecule has 4 atom stereocenters. The molecule has 1 aromatic heterocycles. The lowest BCUT2D eigenvalue weighted by Gasteiger charge is -2.41.